The molecule has 0 amide bonds. The largest absolute Gasteiger partial charge is 0.396 e. The molecule has 0 aliphatic heterocycles. The zero-order valence-electron chi connectivity index (χ0n) is 9.11. The zero-order chi connectivity index (χ0) is 10.8. The highest BCUT2D eigenvalue weighted by Crippen LogP contribution is 2.32. The summed E-state index contributed by atoms with van der Waals surface area (Å²) >= 11 is 0. The van der Waals surface area contributed by atoms with Crippen LogP contribution in [-0.4, -0.2) is 16.8 Å². The van der Waals surface area contributed by atoms with Gasteiger partial charge in [0.2, 0.25) is 0 Å². The highest BCUT2D eigenvalue weighted by molar-refractivity contribution is 5.36. The van der Waals surface area contributed by atoms with Crippen molar-refractivity contribution in [3.8, 4) is 0 Å². The van der Waals surface area contributed by atoms with Crippen LogP contribution in [0, 0.1) is 12.8 Å². The summed E-state index contributed by atoms with van der Waals surface area (Å²) in [7, 11) is 0. The summed E-state index contributed by atoms with van der Waals surface area (Å²) in [5.74, 6) is 0.242. The van der Waals surface area contributed by atoms with Gasteiger partial charge in [-0.15, -0.1) is 0 Å². The van der Waals surface area contributed by atoms with Crippen molar-refractivity contribution < 1.29 is 10.2 Å². The summed E-state index contributed by atoms with van der Waals surface area (Å²) in [6.45, 7) is 2.27. The molecular formula is C13H18O2. The zero-order valence-corrected chi connectivity index (χ0v) is 9.11. The number of benzene rings is 1. The molecule has 2 atom stereocenters. The Bertz CT molecular complexity index is 346. The van der Waals surface area contributed by atoms with Gasteiger partial charge < -0.3 is 10.2 Å². The smallest absolute Gasteiger partial charge is 0.0796 e. The van der Waals surface area contributed by atoms with Crippen molar-refractivity contribution in [3.63, 3.8) is 0 Å². The van der Waals surface area contributed by atoms with Crippen LogP contribution in [0.1, 0.15) is 35.6 Å². The number of aryl methyl sites for hydroxylation is 1. The van der Waals surface area contributed by atoms with Gasteiger partial charge in [0.25, 0.3) is 0 Å². The number of hydrogen-bond donors (Lipinski definition) is 2. The van der Waals surface area contributed by atoms with Gasteiger partial charge in [0.15, 0.2) is 0 Å². The Morgan fingerprint density at radius 1 is 1.40 bits per heavy atom. The monoisotopic (exact) mass is 206 g/mol. The third kappa shape index (κ3) is 2.06. The van der Waals surface area contributed by atoms with Crippen LogP contribution < -0.4 is 0 Å². The van der Waals surface area contributed by atoms with Gasteiger partial charge in [0, 0.05) is 6.61 Å². The molecule has 15 heavy (non-hydrogen) atoms. The van der Waals surface area contributed by atoms with Crippen molar-refractivity contribution >= 4 is 0 Å². The van der Waals surface area contributed by atoms with Crippen LogP contribution >= 0.6 is 0 Å². The van der Waals surface area contributed by atoms with Gasteiger partial charge in [-0.2, -0.15) is 0 Å². The number of fused-ring (bicyclic) bond motifs is 1. The molecule has 2 rings (SSSR count). The van der Waals surface area contributed by atoms with Crippen LogP contribution in [0.2, 0.25) is 0 Å². The van der Waals surface area contributed by atoms with E-state index < -0.39 is 6.10 Å². The maximum absolute atomic E-state index is 10.1. The molecule has 1 aromatic carbocycles. The van der Waals surface area contributed by atoms with E-state index in [4.69, 9.17) is 0 Å². The van der Waals surface area contributed by atoms with E-state index in [1.165, 1.54) is 11.1 Å². The first kappa shape index (κ1) is 10.7. The van der Waals surface area contributed by atoms with Gasteiger partial charge in [0.1, 0.15) is 0 Å². The molecule has 0 unspecified atom stereocenters. The topological polar surface area (TPSA) is 40.5 Å². The minimum atomic E-state index is -0.403. The quantitative estimate of drug-likeness (QED) is 0.690. The molecule has 0 radical (unpaired) electrons. The molecule has 1 aliphatic rings. The van der Waals surface area contributed by atoms with Crippen molar-refractivity contribution in [3.05, 3.63) is 34.9 Å². The second-order valence-corrected chi connectivity index (χ2v) is 4.48. The summed E-state index contributed by atoms with van der Waals surface area (Å²) in [6.07, 6.45) is 2.24. The van der Waals surface area contributed by atoms with Gasteiger partial charge in [-0.3, -0.25) is 0 Å². The number of aliphatic hydroxyl groups excluding tert-OH is 2. The lowest BCUT2D eigenvalue weighted by atomic mass is 9.97. The third-order valence-corrected chi connectivity index (χ3v) is 3.42. The fraction of sp³-hybridized carbons (Fsp3) is 0.538. The predicted molar refractivity (Wildman–Crippen MR) is 59.7 cm³/mol. The maximum atomic E-state index is 10.1. The van der Waals surface area contributed by atoms with Gasteiger partial charge >= 0.3 is 0 Å². The van der Waals surface area contributed by atoms with E-state index in [-0.39, 0.29) is 12.5 Å². The lowest BCUT2D eigenvalue weighted by molar-refractivity contribution is 0.118. The Kier molecular flexibility index (Phi) is 3.08. The van der Waals surface area contributed by atoms with Crippen molar-refractivity contribution in [1.82, 2.24) is 0 Å². The highest BCUT2D eigenvalue weighted by Gasteiger charge is 2.23. The molecule has 0 bridgehead atoms. The maximum Gasteiger partial charge on any atom is 0.0796 e. The fourth-order valence-electron chi connectivity index (χ4n) is 2.45. The Labute approximate surface area is 90.6 Å². The molecule has 0 saturated heterocycles. The Balaban J connectivity index is 2.35. The second kappa shape index (κ2) is 4.33. The van der Waals surface area contributed by atoms with Crippen LogP contribution in [0.4, 0.5) is 0 Å². The number of aliphatic hydroxyl groups is 2. The van der Waals surface area contributed by atoms with Crippen LogP contribution in [0.25, 0.3) is 0 Å². The molecule has 0 saturated carbocycles. The van der Waals surface area contributed by atoms with Crippen LogP contribution in [0.15, 0.2) is 18.2 Å². The van der Waals surface area contributed by atoms with Crippen molar-refractivity contribution in [2.24, 2.45) is 5.92 Å². The molecule has 2 nitrogen and oxygen atoms in total. The molecule has 0 spiro atoms. The first-order chi connectivity index (χ1) is 7.22. The molecule has 0 heterocycles. The summed E-state index contributed by atoms with van der Waals surface area (Å²) in [5.41, 5.74) is 3.59. The van der Waals surface area contributed by atoms with Crippen LogP contribution in [0.5, 0.6) is 0 Å². The fourth-order valence-corrected chi connectivity index (χ4v) is 2.45. The lowest BCUT2D eigenvalue weighted by Crippen LogP contribution is -2.08. The van der Waals surface area contributed by atoms with E-state index >= 15 is 0 Å². The number of hydrogen-bond acceptors (Lipinski definition) is 2. The van der Waals surface area contributed by atoms with E-state index in [1.54, 1.807) is 0 Å². The Morgan fingerprint density at radius 3 is 2.93 bits per heavy atom. The van der Waals surface area contributed by atoms with Crippen LogP contribution in [-0.2, 0) is 6.42 Å². The van der Waals surface area contributed by atoms with Crippen molar-refractivity contribution in [1.29, 1.82) is 0 Å². The molecule has 1 aromatic rings. The van der Waals surface area contributed by atoms with E-state index in [9.17, 15) is 10.2 Å². The molecule has 2 N–H and O–H groups in total. The van der Waals surface area contributed by atoms with Gasteiger partial charge in [0.05, 0.1) is 6.10 Å². The molecule has 1 aliphatic carbocycles. The molecule has 82 valence electrons. The first-order valence-electron chi connectivity index (χ1n) is 5.59. The minimum Gasteiger partial charge on any atom is -0.396 e. The highest BCUT2D eigenvalue weighted by atomic mass is 16.3. The standard InChI is InChI=1S/C13H18O2/c1-9-3-2-4-12-11(9)6-5-10(8-14)7-13(12)15/h2-4,10,13-15H,5-8H2,1H3/t10-,13-/m0/s1. The summed E-state index contributed by atoms with van der Waals surface area (Å²) in [5, 5.41) is 19.2. The molecule has 0 aromatic heterocycles. The lowest BCUT2D eigenvalue weighted by Gasteiger charge is -2.14. The predicted octanol–water partition coefficient (Wildman–Crippen LogP) is 1.97. The summed E-state index contributed by atoms with van der Waals surface area (Å²) in [6, 6.07) is 6.09. The van der Waals surface area contributed by atoms with Crippen molar-refractivity contribution in [2.75, 3.05) is 6.61 Å². The first-order valence-corrected chi connectivity index (χ1v) is 5.59. The van der Waals surface area contributed by atoms with E-state index in [1.807, 2.05) is 12.1 Å². The third-order valence-electron chi connectivity index (χ3n) is 3.42. The van der Waals surface area contributed by atoms with Crippen molar-refractivity contribution in [2.45, 2.75) is 32.3 Å². The number of rotatable bonds is 1. The Hall–Kier alpha value is -0.860. The summed E-state index contributed by atoms with van der Waals surface area (Å²) < 4.78 is 0. The SMILES string of the molecule is Cc1cccc2c1CC[C@H](CO)C[C@@H]2O. The second-order valence-electron chi connectivity index (χ2n) is 4.48. The van der Waals surface area contributed by atoms with Gasteiger partial charge in [-0.05, 0) is 48.8 Å². The minimum absolute atomic E-state index is 0.185. The average molecular weight is 206 g/mol. The van der Waals surface area contributed by atoms with Gasteiger partial charge in [-0.25, -0.2) is 0 Å². The average Bonchev–Trinajstić information content (AvgIpc) is 2.40. The Morgan fingerprint density at radius 2 is 2.20 bits per heavy atom. The van der Waals surface area contributed by atoms with E-state index in [0.717, 1.165) is 18.4 Å². The normalized spacial score (nSPS) is 25.8. The van der Waals surface area contributed by atoms with E-state index in [0.29, 0.717) is 6.42 Å². The van der Waals surface area contributed by atoms with E-state index in [2.05, 4.69) is 13.0 Å². The summed E-state index contributed by atoms with van der Waals surface area (Å²) in [4.78, 5) is 0. The molecule has 2 heteroatoms. The molecular weight excluding hydrogens is 188 g/mol. The van der Waals surface area contributed by atoms with Crippen LogP contribution in [0.3, 0.4) is 0 Å². The van der Waals surface area contributed by atoms with Gasteiger partial charge in [-0.1, -0.05) is 18.2 Å². The molecule has 0 fully saturated rings.